The Hall–Kier alpha value is -2.94. The van der Waals surface area contributed by atoms with Crippen LogP contribution in [0.4, 0.5) is 0 Å². The molecule has 3 heteroatoms. The van der Waals surface area contributed by atoms with Crippen LogP contribution in [-0.2, 0) is 11.2 Å². The van der Waals surface area contributed by atoms with Crippen molar-refractivity contribution in [3.8, 4) is 0 Å². The normalized spacial score (nSPS) is 11.4. The molecule has 0 bridgehead atoms. The van der Waals surface area contributed by atoms with Gasteiger partial charge in [-0.05, 0) is 18.4 Å². The monoisotopic (exact) mass is 361 g/mol. The van der Waals surface area contributed by atoms with Crippen LogP contribution in [0.5, 0.6) is 0 Å². The third-order valence-electron chi connectivity index (χ3n) is 4.51. The summed E-state index contributed by atoms with van der Waals surface area (Å²) in [5.74, 6) is -0.118. The van der Waals surface area contributed by atoms with Crippen LogP contribution < -0.4 is 0 Å². The summed E-state index contributed by atoms with van der Waals surface area (Å²) < 4.78 is 0. The SMILES string of the molecule is C=CCN(CC=C)C(=O)CC[C@@H](Cc1ccccc1)C(=O)c1ccccc1. The molecule has 0 radical (unpaired) electrons. The summed E-state index contributed by atoms with van der Waals surface area (Å²) in [5.41, 5.74) is 1.80. The molecule has 2 aromatic rings. The summed E-state index contributed by atoms with van der Waals surface area (Å²) in [6, 6.07) is 19.3. The lowest BCUT2D eigenvalue weighted by Gasteiger charge is -2.21. The van der Waals surface area contributed by atoms with Crippen LogP contribution in [0.25, 0.3) is 0 Å². The molecule has 1 atom stereocenters. The van der Waals surface area contributed by atoms with Gasteiger partial charge in [-0.15, -0.1) is 13.2 Å². The van der Waals surface area contributed by atoms with E-state index in [4.69, 9.17) is 0 Å². The molecule has 0 heterocycles. The zero-order valence-corrected chi connectivity index (χ0v) is 15.7. The van der Waals surface area contributed by atoms with Gasteiger partial charge in [0.2, 0.25) is 5.91 Å². The minimum atomic E-state index is -0.229. The predicted octanol–water partition coefficient (Wildman–Crippen LogP) is 4.71. The van der Waals surface area contributed by atoms with Crippen molar-refractivity contribution in [3.63, 3.8) is 0 Å². The smallest absolute Gasteiger partial charge is 0.223 e. The molecule has 0 aliphatic heterocycles. The van der Waals surface area contributed by atoms with E-state index in [2.05, 4.69) is 13.2 Å². The molecule has 3 nitrogen and oxygen atoms in total. The van der Waals surface area contributed by atoms with E-state index in [1.165, 1.54) is 0 Å². The minimum Gasteiger partial charge on any atom is -0.335 e. The van der Waals surface area contributed by atoms with Crippen molar-refractivity contribution in [2.45, 2.75) is 19.3 Å². The van der Waals surface area contributed by atoms with Gasteiger partial charge in [0.25, 0.3) is 0 Å². The van der Waals surface area contributed by atoms with Crippen LogP contribution in [0.1, 0.15) is 28.8 Å². The average molecular weight is 361 g/mol. The molecule has 2 rings (SSSR count). The number of hydrogen-bond donors (Lipinski definition) is 0. The van der Waals surface area contributed by atoms with Crippen molar-refractivity contribution >= 4 is 11.7 Å². The fourth-order valence-electron chi connectivity index (χ4n) is 3.11. The van der Waals surface area contributed by atoms with E-state index in [0.717, 1.165) is 5.56 Å². The van der Waals surface area contributed by atoms with Gasteiger partial charge in [0.15, 0.2) is 5.78 Å². The molecule has 0 saturated carbocycles. The van der Waals surface area contributed by atoms with Gasteiger partial charge in [-0.2, -0.15) is 0 Å². The number of rotatable bonds is 11. The Labute approximate surface area is 162 Å². The summed E-state index contributed by atoms with van der Waals surface area (Å²) in [5, 5.41) is 0. The van der Waals surface area contributed by atoms with E-state index in [0.29, 0.717) is 37.9 Å². The molecule has 1 amide bonds. The van der Waals surface area contributed by atoms with Gasteiger partial charge in [0.05, 0.1) is 0 Å². The van der Waals surface area contributed by atoms with Crippen molar-refractivity contribution in [3.05, 3.63) is 97.1 Å². The topological polar surface area (TPSA) is 37.4 Å². The Morgan fingerprint density at radius 3 is 2.00 bits per heavy atom. The Bertz CT molecular complexity index is 742. The standard InChI is InChI=1S/C24H27NO2/c1-3-17-25(18-4-2)23(26)16-15-22(19-20-11-7-5-8-12-20)24(27)21-13-9-6-10-14-21/h3-14,22H,1-2,15-19H2/t22-/m0/s1. The first-order chi connectivity index (χ1) is 13.2. The molecule has 0 saturated heterocycles. The average Bonchev–Trinajstić information content (AvgIpc) is 2.71. The zero-order valence-electron chi connectivity index (χ0n) is 15.7. The fraction of sp³-hybridized carbons (Fsp3) is 0.250. The lowest BCUT2D eigenvalue weighted by Crippen LogP contribution is -2.32. The van der Waals surface area contributed by atoms with Crippen molar-refractivity contribution in [2.24, 2.45) is 5.92 Å². The zero-order chi connectivity index (χ0) is 19.5. The Kier molecular flexibility index (Phi) is 8.24. The first-order valence-electron chi connectivity index (χ1n) is 9.28. The van der Waals surface area contributed by atoms with Crippen molar-refractivity contribution < 1.29 is 9.59 Å². The number of carbonyl (C=O) groups excluding carboxylic acids is 2. The second-order valence-electron chi connectivity index (χ2n) is 6.53. The van der Waals surface area contributed by atoms with E-state index in [9.17, 15) is 9.59 Å². The Morgan fingerprint density at radius 1 is 0.889 bits per heavy atom. The maximum atomic E-state index is 13.0. The second kappa shape index (κ2) is 10.9. The van der Waals surface area contributed by atoms with Crippen LogP contribution in [0.2, 0.25) is 0 Å². The minimum absolute atomic E-state index is 0.0220. The highest BCUT2D eigenvalue weighted by Gasteiger charge is 2.22. The Balaban J connectivity index is 2.11. The molecule has 0 aromatic heterocycles. The maximum absolute atomic E-state index is 13.0. The lowest BCUT2D eigenvalue weighted by molar-refractivity contribution is -0.130. The largest absolute Gasteiger partial charge is 0.335 e. The van der Waals surface area contributed by atoms with Crippen molar-refractivity contribution in [2.75, 3.05) is 13.1 Å². The van der Waals surface area contributed by atoms with E-state index >= 15 is 0 Å². The van der Waals surface area contributed by atoms with E-state index in [1.807, 2.05) is 60.7 Å². The molecule has 27 heavy (non-hydrogen) atoms. The summed E-state index contributed by atoms with van der Waals surface area (Å²) in [4.78, 5) is 27.3. The number of Topliss-reactive ketones (excluding diaryl/α,β-unsaturated/α-hetero) is 1. The summed E-state index contributed by atoms with van der Waals surface area (Å²) in [6.07, 6.45) is 4.89. The fourth-order valence-corrected chi connectivity index (χ4v) is 3.11. The van der Waals surface area contributed by atoms with Crippen LogP contribution in [0.3, 0.4) is 0 Å². The van der Waals surface area contributed by atoms with E-state index in [-0.39, 0.29) is 17.6 Å². The van der Waals surface area contributed by atoms with Crippen LogP contribution in [-0.4, -0.2) is 29.7 Å². The second-order valence-corrected chi connectivity index (χ2v) is 6.53. The molecular formula is C24H27NO2. The van der Waals surface area contributed by atoms with E-state index < -0.39 is 0 Å². The summed E-state index contributed by atoms with van der Waals surface area (Å²) in [7, 11) is 0. The van der Waals surface area contributed by atoms with Gasteiger partial charge in [-0.3, -0.25) is 9.59 Å². The number of carbonyl (C=O) groups is 2. The molecule has 0 N–H and O–H groups in total. The van der Waals surface area contributed by atoms with Crippen molar-refractivity contribution in [1.82, 2.24) is 4.90 Å². The molecule has 0 fully saturated rings. The highest BCUT2D eigenvalue weighted by Crippen LogP contribution is 2.20. The number of ketones is 1. The highest BCUT2D eigenvalue weighted by atomic mass is 16.2. The summed E-state index contributed by atoms with van der Waals surface area (Å²) in [6.45, 7) is 8.38. The number of benzene rings is 2. The molecule has 0 spiro atoms. The molecule has 140 valence electrons. The third kappa shape index (κ3) is 6.37. The molecule has 0 unspecified atom stereocenters. The van der Waals surface area contributed by atoms with Gasteiger partial charge in [0, 0.05) is 31.0 Å². The predicted molar refractivity (Wildman–Crippen MR) is 111 cm³/mol. The van der Waals surface area contributed by atoms with E-state index in [1.54, 1.807) is 17.1 Å². The Morgan fingerprint density at radius 2 is 1.44 bits per heavy atom. The quantitative estimate of drug-likeness (QED) is 0.429. The van der Waals surface area contributed by atoms with Gasteiger partial charge in [-0.1, -0.05) is 72.8 Å². The van der Waals surface area contributed by atoms with Gasteiger partial charge >= 0.3 is 0 Å². The van der Waals surface area contributed by atoms with Gasteiger partial charge < -0.3 is 4.90 Å². The first kappa shape index (κ1) is 20.4. The van der Waals surface area contributed by atoms with Crippen LogP contribution in [0, 0.1) is 5.92 Å². The lowest BCUT2D eigenvalue weighted by atomic mass is 9.87. The maximum Gasteiger partial charge on any atom is 0.223 e. The first-order valence-corrected chi connectivity index (χ1v) is 9.28. The molecule has 2 aromatic carbocycles. The van der Waals surface area contributed by atoms with Gasteiger partial charge in [0.1, 0.15) is 0 Å². The molecule has 0 aliphatic carbocycles. The van der Waals surface area contributed by atoms with Crippen LogP contribution >= 0.6 is 0 Å². The van der Waals surface area contributed by atoms with Gasteiger partial charge in [-0.25, -0.2) is 0 Å². The number of nitrogens with zero attached hydrogens (tertiary/aromatic N) is 1. The van der Waals surface area contributed by atoms with Crippen molar-refractivity contribution in [1.29, 1.82) is 0 Å². The highest BCUT2D eigenvalue weighted by molar-refractivity contribution is 5.98. The van der Waals surface area contributed by atoms with Crippen LogP contribution in [0.15, 0.2) is 86.0 Å². The number of amides is 1. The molecule has 0 aliphatic rings. The third-order valence-corrected chi connectivity index (χ3v) is 4.51. The number of hydrogen-bond acceptors (Lipinski definition) is 2. The molecular weight excluding hydrogens is 334 g/mol. The summed E-state index contributed by atoms with van der Waals surface area (Å²) >= 11 is 0.